The Hall–Kier alpha value is -2.81. The second kappa shape index (κ2) is 9.22. The van der Waals surface area contributed by atoms with E-state index in [-0.39, 0.29) is 5.91 Å². The van der Waals surface area contributed by atoms with Crippen LogP contribution in [0, 0.1) is 11.3 Å². The summed E-state index contributed by atoms with van der Waals surface area (Å²) < 4.78 is 0. The summed E-state index contributed by atoms with van der Waals surface area (Å²) in [6, 6.07) is 22.6. The molecule has 0 spiro atoms. The van der Waals surface area contributed by atoms with Gasteiger partial charge in [0.15, 0.2) is 0 Å². The van der Waals surface area contributed by atoms with Crippen LogP contribution in [0.5, 0.6) is 0 Å². The van der Waals surface area contributed by atoms with Gasteiger partial charge in [-0.25, -0.2) is 4.98 Å². The highest BCUT2D eigenvalue weighted by molar-refractivity contribution is 7.99. The van der Waals surface area contributed by atoms with Crippen LogP contribution >= 0.6 is 23.4 Å². The van der Waals surface area contributed by atoms with E-state index in [2.05, 4.69) is 16.4 Å². The second-order valence-corrected chi connectivity index (χ2v) is 7.20. The third-order valence-electron chi connectivity index (χ3n) is 3.73. The Bertz CT molecular complexity index is 986. The Kier molecular flexibility index (Phi) is 6.48. The number of carbonyl (C=O) groups excluding carboxylic acids is 1. The predicted octanol–water partition coefficient (Wildman–Crippen LogP) is 5.39. The number of rotatable bonds is 6. The van der Waals surface area contributed by atoms with E-state index in [1.807, 2.05) is 36.4 Å². The standard InChI is InChI=1S/C21H16ClN3OS/c22-17-7-4-8-18(13-17)24-20(26)11-12-27-21-16(14-23)9-10-19(25-21)15-5-2-1-3-6-15/h1-10,13H,11-12H2,(H,24,26). The number of nitriles is 1. The van der Waals surface area contributed by atoms with Gasteiger partial charge in [-0.2, -0.15) is 5.26 Å². The average molecular weight is 394 g/mol. The smallest absolute Gasteiger partial charge is 0.225 e. The van der Waals surface area contributed by atoms with Crippen molar-refractivity contribution in [3.63, 3.8) is 0 Å². The van der Waals surface area contributed by atoms with Gasteiger partial charge in [-0.1, -0.05) is 48.0 Å². The number of amides is 1. The maximum absolute atomic E-state index is 12.1. The molecule has 0 aliphatic rings. The van der Waals surface area contributed by atoms with Crippen LogP contribution in [0.4, 0.5) is 5.69 Å². The molecule has 0 aliphatic carbocycles. The van der Waals surface area contributed by atoms with Gasteiger partial charge in [0.1, 0.15) is 11.1 Å². The summed E-state index contributed by atoms with van der Waals surface area (Å²) in [5.41, 5.74) is 2.97. The molecule has 0 bridgehead atoms. The quantitative estimate of drug-likeness (QED) is 0.570. The van der Waals surface area contributed by atoms with Gasteiger partial charge >= 0.3 is 0 Å². The molecule has 0 saturated carbocycles. The number of pyridine rings is 1. The molecule has 6 heteroatoms. The summed E-state index contributed by atoms with van der Waals surface area (Å²) in [6.45, 7) is 0. The molecule has 0 fully saturated rings. The first-order valence-corrected chi connectivity index (χ1v) is 9.67. The summed E-state index contributed by atoms with van der Waals surface area (Å²) in [6.07, 6.45) is 0.305. The zero-order valence-corrected chi connectivity index (χ0v) is 15.9. The van der Waals surface area contributed by atoms with Crippen LogP contribution in [0.3, 0.4) is 0 Å². The minimum absolute atomic E-state index is 0.109. The van der Waals surface area contributed by atoms with Crippen LogP contribution in [-0.4, -0.2) is 16.6 Å². The molecule has 0 aliphatic heterocycles. The molecular weight excluding hydrogens is 378 g/mol. The molecule has 3 rings (SSSR count). The SMILES string of the molecule is N#Cc1ccc(-c2ccccc2)nc1SCCC(=O)Nc1cccc(Cl)c1. The van der Waals surface area contributed by atoms with Crippen molar-refractivity contribution >= 4 is 35.0 Å². The minimum Gasteiger partial charge on any atom is -0.326 e. The highest BCUT2D eigenvalue weighted by Crippen LogP contribution is 2.26. The largest absolute Gasteiger partial charge is 0.326 e. The Balaban J connectivity index is 1.63. The van der Waals surface area contributed by atoms with Crippen molar-refractivity contribution in [1.82, 2.24) is 4.98 Å². The first-order valence-electron chi connectivity index (χ1n) is 8.30. The number of aromatic nitrogens is 1. The average Bonchev–Trinajstić information content (AvgIpc) is 2.68. The molecule has 0 atom stereocenters. The topological polar surface area (TPSA) is 65.8 Å². The fraction of sp³-hybridized carbons (Fsp3) is 0.0952. The second-order valence-electron chi connectivity index (χ2n) is 5.68. The van der Waals surface area contributed by atoms with E-state index in [9.17, 15) is 10.1 Å². The number of hydrogen-bond donors (Lipinski definition) is 1. The number of nitrogens with one attached hydrogen (secondary N) is 1. The van der Waals surface area contributed by atoms with Crippen LogP contribution in [-0.2, 0) is 4.79 Å². The predicted molar refractivity (Wildman–Crippen MR) is 110 cm³/mol. The number of hydrogen-bond acceptors (Lipinski definition) is 4. The molecule has 2 aromatic carbocycles. The van der Waals surface area contributed by atoms with Crippen molar-refractivity contribution in [2.24, 2.45) is 0 Å². The van der Waals surface area contributed by atoms with E-state index in [1.54, 1.807) is 30.3 Å². The van der Waals surface area contributed by atoms with E-state index in [4.69, 9.17) is 11.6 Å². The molecule has 1 aromatic heterocycles. The zero-order valence-electron chi connectivity index (χ0n) is 14.4. The number of carbonyl (C=O) groups is 1. The van der Waals surface area contributed by atoms with Gasteiger partial charge in [0.05, 0.1) is 11.3 Å². The molecule has 0 radical (unpaired) electrons. The van der Waals surface area contributed by atoms with Crippen molar-refractivity contribution in [3.8, 4) is 17.3 Å². The van der Waals surface area contributed by atoms with Crippen molar-refractivity contribution in [1.29, 1.82) is 5.26 Å². The molecular formula is C21H16ClN3OS. The van der Waals surface area contributed by atoms with Gasteiger partial charge in [0, 0.05) is 28.4 Å². The van der Waals surface area contributed by atoms with Gasteiger partial charge in [-0.05, 0) is 30.3 Å². The molecule has 1 amide bonds. The lowest BCUT2D eigenvalue weighted by Crippen LogP contribution is -2.12. The lowest BCUT2D eigenvalue weighted by molar-refractivity contribution is -0.115. The number of benzene rings is 2. The summed E-state index contributed by atoms with van der Waals surface area (Å²) in [5.74, 6) is 0.411. The number of nitrogens with zero attached hydrogens (tertiary/aromatic N) is 2. The number of thioether (sulfide) groups is 1. The Morgan fingerprint density at radius 2 is 1.93 bits per heavy atom. The van der Waals surface area contributed by atoms with Crippen molar-refractivity contribution in [2.75, 3.05) is 11.1 Å². The highest BCUT2D eigenvalue weighted by Gasteiger charge is 2.10. The maximum atomic E-state index is 12.1. The number of anilines is 1. The Morgan fingerprint density at radius 1 is 1.11 bits per heavy atom. The van der Waals surface area contributed by atoms with Gasteiger partial charge in [0.25, 0.3) is 0 Å². The normalized spacial score (nSPS) is 10.2. The molecule has 27 heavy (non-hydrogen) atoms. The summed E-state index contributed by atoms with van der Waals surface area (Å²) in [4.78, 5) is 16.7. The van der Waals surface area contributed by atoms with Gasteiger partial charge in [-0.3, -0.25) is 4.79 Å². The molecule has 4 nitrogen and oxygen atoms in total. The van der Waals surface area contributed by atoms with Crippen molar-refractivity contribution < 1.29 is 4.79 Å². The van der Waals surface area contributed by atoms with E-state index in [0.29, 0.717) is 33.5 Å². The van der Waals surface area contributed by atoms with Crippen LogP contribution in [0.15, 0.2) is 71.8 Å². The summed E-state index contributed by atoms with van der Waals surface area (Å²) in [5, 5.41) is 13.3. The van der Waals surface area contributed by atoms with Crippen LogP contribution < -0.4 is 5.32 Å². The third kappa shape index (κ3) is 5.33. The first-order chi connectivity index (χ1) is 13.2. The first kappa shape index (κ1) is 19.0. The van der Waals surface area contributed by atoms with Gasteiger partial charge in [-0.15, -0.1) is 11.8 Å². The monoisotopic (exact) mass is 393 g/mol. The molecule has 0 saturated heterocycles. The summed E-state index contributed by atoms with van der Waals surface area (Å²) in [7, 11) is 0. The van der Waals surface area contributed by atoms with Crippen LogP contribution in [0.25, 0.3) is 11.3 Å². The lowest BCUT2D eigenvalue weighted by atomic mass is 10.1. The van der Waals surface area contributed by atoms with Crippen molar-refractivity contribution in [3.05, 3.63) is 77.3 Å². The molecule has 1 heterocycles. The molecule has 0 unspecified atom stereocenters. The number of halogens is 1. The molecule has 1 N–H and O–H groups in total. The van der Waals surface area contributed by atoms with Gasteiger partial charge < -0.3 is 5.32 Å². The fourth-order valence-electron chi connectivity index (χ4n) is 2.44. The van der Waals surface area contributed by atoms with E-state index < -0.39 is 0 Å². The third-order valence-corrected chi connectivity index (χ3v) is 4.95. The lowest BCUT2D eigenvalue weighted by Gasteiger charge is -2.08. The van der Waals surface area contributed by atoms with Crippen LogP contribution in [0.2, 0.25) is 5.02 Å². The van der Waals surface area contributed by atoms with Crippen LogP contribution in [0.1, 0.15) is 12.0 Å². The molecule has 3 aromatic rings. The van der Waals surface area contributed by atoms with E-state index in [1.165, 1.54) is 11.8 Å². The van der Waals surface area contributed by atoms with E-state index >= 15 is 0 Å². The van der Waals surface area contributed by atoms with Crippen molar-refractivity contribution in [2.45, 2.75) is 11.4 Å². The van der Waals surface area contributed by atoms with Gasteiger partial charge in [0.2, 0.25) is 5.91 Å². The van der Waals surface area contributed by atoms with E-state index in [0.717, 1.165) is 11.3 Å². The highest BCUT2D eigenvalue weighted by atomic mass is 35.5. The fourth-order valence-corrected chi connectivity index (χ4v) is 3.54. The molecule has 134 valence electrons. The minimum atomic E-state index is -0.109. The summed E-state index contributed by atoms with van der Waals surface area (Å²) >= 11 is 7.32. The Morgan fingerprint density at radius 3 is 2.67 bits per heavy atom. The zero-order chi connectivity index (χ0) is 19.1. The Labute approximate surface area is 167 Å². The maximum Gasteiger partial charge on any atom is 0.225 e.